The summed E-state index contributed by atoms with van der Waals surface area (Å²) in [7, 11) is 0. The first-order chi connectivity index (χ1) is 6.43. The second kappa shape index (κ2) is 4.75. The minimum Gasteiger partial charge on any atom is -0.329 e. The molecule has 0 spiro atoms. The van der Waals surface area contributed by atoms with Crippen LogP contribution in [0.4, 0.5) is 0 Å². The van der Waals surface area contributed by atoms with E-state index in [4.69, 9.17) is 28.9 Å². The van der Waals surface area contributed by atoms with E-state index in [2.05, 4.69) is 13.8 Å². The molecule has 0 saturated heterocycles. The van der Waals surface area contributed by atoms with Gasteiger partial charge < -0.3 is 5.73 Å². The molecule has 0 aliphatic heterocycles. The highest BCUT2D eigenvalue weighted by Crippen LogP contribution is 2.34. The molecule has 1 rings (SSSR count). The summed E-state index contributed by atoms with van der Waals surface area (Å²) in [6.45, 7) is 4.79. The van der Waals surface area contributed by atoms with E-state index in [9.17, 15) is 0 Å². The van der Waals surface area contributed by atoms with Gasteiger partial charge in [-0.15, -0.1) is 11.8 Å². The first-order valence-corrected chi connectivity index (χ1v) is 5.85. The predicted octanol–water partition coefficient (Wildman–Crippen LogP) is 3.82. The van der Waals surface area contributed by atoms with Crippen molar-refractivity contribution >= 4 is 35.0 Å². The predicted molar refractivity (Wildman–Crippen MR) is 65.5 cm³/mol. The normalized spacial score (nSPS) is 11.8. The average Bonchev–Trinajstić information content (AvgIpc) is 2.01. The first-order valence-electron chi connectivity index (χ1n) is 4.28. The third-order valence-electron chi connectivity index (χ3n) is 1.72. The molecule has 0 bridgehead atoms. The second-order valence-electron chi connectivity index (χ2n) is 3.67. The SMILES string of the molecule is CC(C)(CN)Sc1cc(Cl)cc(Cl)c1. The van der Waals surface area contributed by atoms with E-state index in [0.717, 1.165) is 4.90 Å². The zero-order chi connectivity index (χ0) is 10.8. The highest BCUT2D eigenvalue weighted by molar-refractivity contribution is 8.00. The van der Waals surface area contributed by atoms with Crippen molar-refractivity contribution in [2.45, 2.75) is 23.5 Å². The Morgan fingerprint density at radius 3 is 2.14 bits per heavy atom. The lowest BCUT2D eigenvalue weighted by molar-refractivity contribution is 0.723. The molecule has 0 atom stereocenters. The maximum absolute atomic E-state index is 5.89. The molecule has 4 heteroatoms. The van der Waals surface area contributed by atoms with Crippen molar-refractivity contribution in [3.05, 3.63) is 28.2 Å². The van der Waals surface area contributed by atoms with E-state index in [0.29, 0.717) is 16.6 Å². The summed E-state index contributed by atoms with van der Waals surface area (Å²) in [6.07, 6.45) is 0. The van der Waals surface area contributed by atoms with Crippen LogP contribution in [0.2, 0.25) is 10.0 Å². The third kappa shape index (κ3) is 3.70. The number of halogens is 2. The molecule has 0 amide bonds. The van der Waals surface area contributed by atoms with Gasteiger partial charge in [0.15, 0.2) is 0 Å². The zero-order valence-corrected chi connectivity index (χ0v) is 10.5. The number of nitrogens with two attached hydrogens (primary N) is 1. The quantitative estimate of drug-likeness (QED) is 0.825. The minimum atomic E-state index is 0.00795. The lowest BCUT2D eigenvalue weighted by Gasteiger charge is -2.21. The number of hydrogen-bond donors (Lipinski definition) is 1. The first kappa shape index (κ1) is 12.2. The fourth-order valence-electron chi connectivity index (χ4n) is 0.948. The Morgan fingerprint density at radius 1 is 1.21 bits per heavy atom. The van der Waals surface area contributed by atoms with Crippen molar-refractivity contribution in [1.29, 1.82) is 0 Å². The second-order valence-corrected chi connectivity index (χ2v) is 6.32. The zero-order valence-electron chi connectivity index (χ0n) is 8.18. The Morgan fingerprint density at radius 2 is 1.71 bits per heavy atom. The summed E-state index contributed by atoms with van der Waals surface area (Å²) in [5, 5.41) is 1.32. The van der Waals surface area contributed by atoms with Gasteiger partial charge in [0.2, 0.25) is 0 Å². The molecule has 0 radical (unpaired) electrons. The molecule has 78 valence electrons. The Bertz CT molecular complexity index is 306. The van der Waals surface area contributed by atoms with E-state index in [-0.39, 0.29) is 4.75 Å². The summed E-state index contributed by atoms with van der Waals surface area (Å²) >= 11 is 13.5. The number of thioether (sulfide) groups is 1. The van der Waals surface area contributed by atoms with E-state index in [1.54, 1.807) is 17.8 Å². The van der Waals surface area contributed by atoms with Crippen LogP contribution in [0.5, 0.6) is 0 Å². The molecular formula is C10H13Cl2NS. The topological polar surface area (TPSA) is 26.0 Å². The smallest absolute Gasteiger partial charge is 0.0431 e. The van der Waals surface area contributed by atoms with Crippen LogP contribution in [0.25, 0.3) is 0 Å². The molecule has 0 unspecified atom stereocenters. The fourth-order valence-corrected chi connectivity index (χ4v) is 2.70. The molecule has 0 aliphatic carbocycles. The van der Waals surface area contributed by atoms with Crippen LogP contribution in [0.1, 0.15) is 13.8 Å². The van der Waals surface area contributed by atoms with Crippen molar-refractivity contribution in [1.82, 2.24) is 0 Å². The van der Waals surface area contributed by atoms with E-state index < -0.39 is 0 Å². The molecular weight excluding hydrogens is 237 g/mol. The van der Waals surface area contributed by atoms with Gasteiger partial charge in [-0.25, -0.2) is 0 Å². The van der Waals surface area contributed by atoms with Gasteiger partial charge >= 0.3 is 0 Å². The highest BCUT2D eigenvalue weighted by atomic mass is 35.5. The van der Waals surface area contributed by atoms with Gasteiger partial charge in [0.05, 0.1) is 0 Å². The lowest BCUT2D eigenvalue weighted by Crippen LogP contribution is -2.26. The highest BCUT2D eigenvalue weighted by Gasteiger charge is 2.17. The van der Waals surface area contributed by atoms with Crippen LogP contribution >= 0.6 is 35.0 Å². The van der Waals surface area contributed by atoms with Crippen molar-refractivity contribution in [2.75, 3.05) is 6.54 Å². The summed E-state index contributed by atoms with van der Waals surface area (Å²) in [5.41, 5.74) is 5.64. The Labute approximate surface area is 99.0 Å². The molecule has 0 saturated carbocycles. The summed E-state index contributed by atoms with van der Waals surface area (Å²) in [5.74, 6) is 0. The minimum absolute atomic E-state index is 0.00795. The van der Waals surface area contributed by atoms with Crippen LogP contribution in [-0.2, 0) is 0 Å². The summed E-state index contributed by atoms with van der Waals surface area (Å²) < 4.78 is 0.00795. The van der Waals surface area contributed by atoms with Gasteiger partial charge in [-0.3, -0.25) is 0 Å². The van der Waals surface area contributed by atoms with Crippen molar-refractivity contribution < 1.29 is 0 Å². The van der Waals surface area contributed by atoms with Gasteiger partial charge in [0, 0.05) is 26.2 Å². The van der Waals surface area contributed by atoms with Gasteiger partial charge in [-0.05, 0) is 32.0 Å². The van der Waals surface area contributed by atoms with Crippen molar-refractivity contribution in [3.63, 3.8) is 0 Å². The summed E-state index contributed by atoms with van der Waals surface area (Å²) in [4.78, 5) is 1.05. The molecule has 1 aromatic carbocycles. The van der Waals surface area contributed by atoms with E-state index in [1.807, 2.05) is 12.1 Å². The van der Waals surface area contributed by atoms with Crippen molar-refractivity contribution in [2.24, 2.45) is 5.73 Å². The maximum atomic E-state index is 5.89. The van der Waals surface area contributed by atoms with E-state index >= 15 is 0 Å². The van der Waals surface area contributed by atoms with Gasteiger partial charge in [0.25, 0.3) is 0 Å². The standard InChI is InChI=1S/C10H13Cl2NS/c1-10(2,6-13)14-9-4-7(11)3-8(12)5-9/h3-5H,6,13H2,1-2H3. The molecule has 1 nitrogen and oxygen atoms in total. The van der Waals surface area contributed by atoms with Gasteiger partial charge in [-0.2, -0.15) is 0 Å². The Kier molecular flexibility index (Phi) is 4.14. The number of hydrogen-bond acceptors (Lipinski definition) is 2. The average molecular weight is 250 g/mol. The molecule has 0 fully saturated rings. The van der Waals surface area contributed by atoms with Crippen LogP contribution in [0, 0.1) is 0 Å². The maximum Gasteiger partial charge on any atom is 0.0431 e. The van der Waals surface area contributed by atoms with Crippen LogP contribution < -0.4 is 5.73 Å². The Hall–Kier alpha value is 0.110. The fraction of sp³-hybridized carbons (Fsp3) is 0.400. The summed E-state index contributed by atoms with van der Waals surface area (Å²) in [6, 6.07) is 5.52. The largest absolute Gasteiger partial charge is 0.329 e. The number of benzene rings is 1. The lowest BCUT2D eigenvalue weighted by atomic mass is 10.2. The van der Waals surface area contributed by atoms with Gasteiger partial charge in [-0.1, -0.05) is 23.2 Å². The molecule has 0 aliphatic rings. The van der Waals surface area contributed by atoms with Crippen LogP contribution in [0.3, 0.4) is 0 Å². The third-order valence-corrected chi connectivity index (χ3v) is 3.35. The molecule has 14 heavy (non-hydrogen) atoms. The molecule has 0 heterocycles. The van der Waals surface area contributed by atoms with Gasteiger partial charge in [0.1, 0.15) is 0 Å². The molecule has 1 aromatic rings. The van der Waals surface area contributed by atoms with Crippen molar-refractivity contribution in [3.8, 4) is 0 Å². The van der Waals surface area contributed by atoms with Crippen LogP contribution in [0.15, 0.2) is 23.1 Å². The number of rotatable bonds is 3. The van der Waals surface area contributed by atoms with Crippen LogP contribution in [-0.4, -0.2) is 11.3 Å². The Balaban J connectivity index is 2.87. The van der Waals surface area contributed by atoms with E-state index in [1.165, 1.54) is 0 Å². The molecule has 0 aromatic heterocycles. The monoisotopic (exact) mass is 249 g/mol. The molecule has 2 N–H and O–H groups in total.